The van der Waals surface area contributed by atoms with Crippen LogP contribution in [0, 0.1) is 5.92 Å². The van der Waals surface area contributed by atoms with Crippen LogP contribution in [-0.4, -0.2) is 54.5 Å². The lowest BCUT2D eigenvalue weighted by Crippen LogP contribution is -2.61. The fourth-order valence-electron chi connectivity index (χ4n) is 5.00. The first kappa shape index (κ1) is 21.5. The van der Waals surface area contributed by atoms with Gasteiger partial charge in [0.05, 0.1) is 25.2 Å². The summed E-state index contributed by atoms with van der Waals surface area (Å²) in [5, 5.41) is 14.9. The number of carboxylic acid groups (broad SMARTS) is 1. The zero-order valence-corrected chi connectivity index (χ0v) is 18.1. The van der Waals surface area contributed by atoms with E-state index in [2.05, 4.69) is 22.8 Å². The largest absolute Gasteiger partial charge is 0.480 e. The van der Waals surface area contributed by atoms with Gasteiger partial charge < -0.3 is 25.2 Å². The van der Waals surface area contributed by atoms with Crippen molar-refractivity contribution < 1.29 is 29.0 Å². The number of nitrogens with one attached hydrogen (secondary N) is 2. The van der Waals surface area contributed by atoms with E-state index in [0.717, 1.165) is 28.7 Å². The van der Waals surface area contributed by atoms with Crippen LogP contribution in [0.4, 0.5) is 4.79 Å². The zero-order chi connectivity index (χ0) is 23.0. The molecule has 1 aliphatic heterocycles. The predicted octanol–water partition coefficient (Wildman–Crippen LogP) is 2.66. The summed E-state index contributed by atoms with van der Waals surface area (Å²) in [5.41, 5.74) is 3.33. The second-order valence-corrected chi connectivity index (χ2v) is 8.95. The minimum atomic E-state index is -1.20. The molecule has 1 saturated heterocycles. The Bertz CT molecular complexity index is 1050. The Labute approximate surface area is 191 Å². The number of benzene rings is 2. The summed E-state index contributed by atoms with van der Waals surface area (Å²) >= 11 is 0. The van der Waals surface area contributed by atoms with Crippen molar-refractivity contribution in [1.82, 2.24) is 10.6 Å². The molecule has 3 N–H and O–H groups in total. The molecular weight excluding hydrogens is 424 g/mol. The van der Waals surface area contributed by atoms with Crippen LogP contribution < -0.4 is 10.6 Å². The van der Waals surface area contributed by atoms with E-state index in [9.17, 15) is 19.5 Å². The van der Waals surface area contributed by atoms with Crippen molar-refractivity contribution in [1.29, 1.82) is 0 Å². The van der Waals surface area contributed by atoms with Crippen LogP contribution in [0.3, 0.4) is 0 Å². The number of carbonyl (C=O) groups is 3. The molecule has 33 heavy (non-hydrogen) atoms. The van der Waals surface area contributed by atoms with Crippen molar-refractivity contribution in [2.45, 2.75) is 36.8 Å². The summed E-state index contributed by atoms with van der Waals surface area (Å²) in [6, 6.07) is 15.6. The number of alkyl carbamates (subject to hydrolysis) is 1. The normalized spacial score (nSPS) is 22.5. The molecule has 0 radical (unpaired) electrons. The lowest BCUT2D eigenvalue weighted by atomic mass is 9.76. The van der Waals surface area contributed by atoms with Crippen LogP contribution in [0.25, 0.3) is 11.1 Å². The Hall–Kier alpha value is -3.39. The van der Waals surface area contributed by atoms with Crippen LogP contribution >= 0.6 is 0 Å². The van der Waals surface area contributed by atoms with E-state index in [1.54, 1.807) is 0 Å². The van der Waals surface area contributed by atoms with Crippen LogP contribution in [0.5, 0.6) is 0 Å². The quantitative estimate of drug-likeness (QED) is 0.624. The Morgan fingerprint density at radius 1 is 1.00 bits per heavy atom. The van der Waals surface area contributed by atoms with Gasteiger partial charge in [-0.25, -0.2) is 9.59 Å². The molecule has 5 rings (SSSR count). The maximum absolute atomic E-state index is 12.7. The average molecular weight is 450 g/mol. The van der Waals surface area contributed by atoms with Crippen LogP contribution in [0.2, 0.25) is 0 Å². The molecule has 2 unspecified atom stereocenters. The van der Waals surface area contributed by atoms with E-state index < -0.39 is 35.5 Å². The first-order chi connectivity index (χ1) is 16.0. The Balaban J connectivity index is 1.21. The monoisotopic (exact) mass is 450 g/mol. The van der Waals surface area contributed by atoms with E-state index in [1.165, 1.54) is 0 Å². The van der Waals surface area contributed by atoms with Gasteiger partial charge in [-0.3, -0.25) is 4.79 Å². The van der Waals surface area contributed by atoms with Crippen molar-refractivity contribution in [3.63, 3.8) is 0 Å². The highest BCUT2D eigenvalue weighted by Gasteiger charge is 2.48. The van der Waals surface area contributed by atoms with Crippen molar-refractivity contribution in [3.05, 3.63) is 59.7 Å². The van der Waals surface area contributed by atoms with Crippen molar-refractivity contribution in [2.24, 2.45) is 5.92 Å². The molecule has 1 heterocycles. The van der Waals surface area contributed by atoms with E-state index in [-0.39, 0.29) is 25.7 Å². The van der Waals surface area contributed by atoms with Gasteiger partial charge in [-0.2, -0.15) is 0 Å². The van der Waals surface area contributed by atoms with Gasteiger partial charge in [-0.05, 0) is 41.5 Å². The maximum Gasteiger partial charge on any atom is 0.407 e. The highest BCUT2D eigenvalue weighted by Crippen LogP contribution is 2.44. The Kier molecular flexibility index (Phi) is 5.54. The number of hydrogen-bond acceptors (Lipinski definition) is 5. The fourth-order valence-corrected chi connectivity index (χ4v) is 5.00. The number of amides is 2. The predicted molar refractivity (Wildman–Crippen MR) is 119 cm³/mol. The maximum atomic E-state index is 12.7. The molecule has 2 amide bonds. The summed E-state index contributed by atoms with van der Waals surface area (Å²) in [5.74, 6) is -2.17. The highest BCUT2D eigenvalue weighted by atomic mass is 16.5. The van der Waals surface area contributed by atoms with Gasteiger partial charge in [0.15, 0.2) is 0 Å². The summed E-state index contributed by atoms with van der Waals surface area (Å²) in [6.07, 6.45) is 0.953. The summed E-state index contributed by atoms with van der Waals surface area (Å²) in [4.78, 5) is 36.9. The fraction of sp³-hybridized carbons (Fsp3) is 0.400. The second kappa shape index (κ2) is 8.51. The summed E-state index contributed by atoms with van der Waals surface area (Å²) in [6.45, 7) is 0.463. The molecular formula is C25H26N2O6. The first-order valence-electron chi connectivity index (χ1n) is 11.2. The number of aliphatic carboxylic acids is 1. The molecule has 2 aromatic carbocycles. The van der Waals surface area contributed by atoms with Crippen LogP contribution in [0.1, 0.15) is 36.3 Å². The number of hydrogen-bond donors (Lipinski definition) is 3. The van der Waals surface area contributed by atoms with E-state index in [1.807, 2.05) is 36.4 Å². The number of fused-ring (bicyclic) bond motifs is 3. The molecule has 2 fully saturated rings. The lowest BCUT2D eigenvalue weighted by molar-refractivity contribution is -0.152. The Morgan fingerprint density at radius 2 is 1.64 bits per heavy atom. The summed E-state index contributed by atoms with van der Waals surface area (Å²) in [7, 11) is 0. The number of carboxylic acids is 1. The van der Waals surface area contributed by atoms with Gasteiger partial charge in [-0.15, -0.1) is 0 Å². The first-order valence-corrected chi connectivity index (χ1v) is 11.2. The third-order valence-corrected chi connectivity index (χ3v) is 7.04. The van der Waals surface area contributed by atoms with E-state index in [4.69, 9.17) is 9.47 Å². The standard InChI is InChI=1S/C25H26N2O6/c28-22(27-25(23(29)30)10-5-11-25)20-12-32-14-21(20)26-24(31)33-13-19-17-8-3-1-6-15(17)16-7-2-4-9-18(16)19/h1-4,6-9,19-21H,5,10-14H2,(H,26,31)(H,27,28)(H,29,30). The van der Waals surface area contributed by atoms with Gasteiger partial charge in [0.25, 0.3) is 0 Å². The molecule has 2 aliphatic carbocycles. The molecule has 8 nitrogen and oxygen atoms in total. The molecule has 1 saturated carbocycles. The van der Waals surface area contributed by atoms with E-state index >= 15 is 0 Å². The van der Waals surface area contributed by atoms with Gasteiger partial charge >= 0.3 is 12.1 Å². The average Bonchev–Trinajstić information content (AvgIpc) is 3.37. The topological polar surface area (TPSA) is 114 Å². The molecule has 0 bridgehead atoms. The van der Waals surface area contributed by atoms with Gasteiger partial charge in [0, 0.05) is 5.92 Å². The van der Waals surface area contributed by atoms with Gasteiger partial charge in [0.1, 0.15) is 12.1 Å². The number of rotatable bonds is 6. The van der Waals surface area contributed by atoms with Crippen molar-refractivity contribution >= 4 is 18.0 Å². The molecule has 0 aromatic heterocycles. The van der Waals surface area contributed by atoms with E-state index in [0.29, 0.717) is 12.8 Å². The highest BCUT2D eigenvalue weighted by molar-refractivity contribution is 5.89. The lowest BCUT2D eigenvalue weighted by Gasteiger charge is -2.39. The molecule has 2 aromatic rings. The number of ether oxygens (including phenoxy) is 2. The van der Waals surface area contributed by atoms with Crippen LogP contribution in [0.15, 0.2) is 48.5 Å². The van der Waals surface area contributed by atoms with Crippen molar-refractivity contribution in [2.75, 3.05) is 19.8 Å². The Morgan fingerprint density at radius 3 is 2.21 bits per heavy atom. The smallest absolute Gasteiger partial charge is 0.407 e. The van der Waals surface area contributed by atoms with Gasteiger partial charge in [-0.1, -0.05) is 48.5 Å². The molecule has 2 atom stereocenters. The number of carbonyl (C=O) groups excluding carboxylic acids is 2. The minimum Gasteiger partial charge on any atom is -0.480 e. The molecule has 0 spiro atoms. The third kappa shape index (κ3) is 3.84. The zero-order valence-electron chi connectivity index (χ0n) is 18.1. The molecule has 3 aliphatic rings. The minimum absolute atomic E-state index is 0.0592. The molecule has 8 heteroatoms. The van der Waals surface area contributed by atoms with Crippen LogP contribution in [-0.2, 0) is 19.1 Å². The van der Waals surface area contributed by atoms with Crippen molar-refractivity contribution in [3.8, 4) is 11.1 Å². The van der Waals surface area contributed by atoms with Gasteiger partial charge in [0.2, 0.25) is 5.91 Å². The summed E-state index contributed by atoms with van der Waals surface area (Å²) < 4.78 is 11.0. The SMILES string of the molecule is O=C(NC1COCC1C(=O)NC1(C(=O)O)CCC1)OCC1c2ccccc2-c2ccccc21. The molecule has 172 valence electrons. The second-order valence-electron chi connectivity index (χ2n) is 8.95. The third-order valence-electron chi connectivity index (χ3n) is 7.04.